The van der Waals surface area contributed by atoms with E-state index in [4.69, 9.17) is 15.4 Å². The van der Waals surface area contributed by atoms with Crippen molar-refractivity contribution >= 4 is 32.5 Å². The Morgan fingerprint density at radius 2 is 2.12 bits per heavy atom. The standard InChI is InChI=1S/C9H15N5O8P2/c1-20-24(18,19)22-23(16,17)5-21-3-2-14-4-11-6-7(14)12-9(10)13-8(6)15/h4H,2-3,5H2,1H3,(H,16,17)(H,18,19)(H3,10,12,13,15). The Morgan fingerprint density at radius 3 is 2.79 bits per heavy atom. The number of phosphoric acid groups is 1. The normalized spacial score (nSPS) is 16.8. The molecule has 5 N–H and O–H groups in total. The molecule has 0 fully saturated rings. The van der Waals surface area contributed by atoms with Crippen LogP contribution in [0.15, 0.2) is 11.1 Å². The molecule has 2 unspecified atom stereocenters. The zero-order valence-corrected chi connectivity index (χ0v) is 14.1. The molecule has 13 nitrogen and oxygen atoms in total. The zero-order valence-electron chi connectivity index (χ0n) is 12.4. The number of aromatic amines is 1. The molecule has 0 spiro atoms. The maximum absolute atomic E-state index is 11.6. The van der Waals surface area contributed by atoms with Crippen molar-refractivity contribution in [3.8, 4) is 0 Å². The van der Waals surface area contributed by atoms with Crippen LogP contribution in [0.25, 0.3) is 11.2 Å². The van der Waals surface area contributed by atoms with Crippen molar-refractivity contribution in [3.63, 3.8) is 0 Å². The quantitative estimate of drug-likeness (QED) is 0.343. The number of imidazole rings is 1. The third kappa shape index (κ3) is 4.71. The molecule has 15 heteroatoms. The van der Waals surface area contributed by atoms with Crippen molar-refractivity contribution in [1.82, 2.24) is 19.5 Å². The van der Waals surface area contributed by atoms with Crippen molar-refractivity contribution in [2.24, 2.45) is 0 Å². The van der Waals surface area contributed by atoms with Crippen LogP contribution in [0.3, 0.4) is 0 Å². The molecule has 24 heavy (non-hydrogen) atoms. The molecule has 134 valence electrons. The highest BCUT2D eigenvalue weighted by Crippen LogP contribution is 2.59. The van der Waals surface area contributed by atoms with Crippen LogP contribution in [0.2, 0.25) is 0 Å². The Hall–Kier alpha value is -1.59. The molecule has 2 aromatic rings. The summed E-state index contributed by atoms with van der Waals surface area (Å²) in [5, 5.41) is 0. The zero-order chi connectivity index (χ0) is 18.0. The minimum atomic E-state index is -4.61. The third-order valence-corrected chi connectivity index (χ3v) is 5.50. The number of H-pyrrole nitrogens is 1. The number of aromatic nitrogens is 4. The number of hydrogen-bond donors (Lipinski definition) is 4. The minimum absolute atomic E-state index is 0.0818. The number of anilines is 1. The van der Waals surface area contributed by atoms with Gasteiger partial charge in [-0.1, -0.05) is 0 Å². The van der Waals surface area contributed by atoms with Crippen LogP contribution in [0.5, 0.6) is 0 Å². The van der Waals surface area contributed by atoms with Gasteiger partial charge in [0.15, 0.2) is 11.2 Å². The molecule has 0 aliphatic heterocycles. The third-order valence-electron chi connectivity index (χ3n) is 2.69. The number of hydrogen-bond acceptors (Lipinski definition) is 9. The Kier molecular flexibility index (Phi) is 5.56. The second-order valence-electron chi connectivity index (χ2n) is 4.47. The first kappa shape index (κ1) is 18.7. The molecule has 0 bridgehead atoms. The molecule has 0 amide bonds. The summed E-state index contributed by atoms with van der Waals surface area (Å²) in [6, 6.07) is 0. The molecule has 0 aliphatic carbocycles. The van der Waals surface area contributed by atoms with Crippen LogP contribution in [0.1, 0.15) is 0 Å². The summed E-state index contributed by atoms with van der Waals surface area (Å²) in [6.07, 6.45) is 0.501. The summed E-state index contributed by atoms with van der Waals surface area (Å²) in [5.74, 6) is -0.0818. The van der Waals surface area contributed by atoms with Gasteiger partial charge in [-0.2, -0.15) is 4.98 Å². The van der Waals surface area contributed by atoms with Crippen LogP contribution < -0.4 is 11.3 Å². The minimum Gasteiger partial charge on any atom is -0.369 e. The van der Waals surface area contributed by atoms with Crippen LogP contribution in [-0.4, -0.2) is 49.4 Å². The lowest BCUT2D eigenvalue weighted by atomic mass is 10.5. The Balaban J connectivity index is 1.95. The number of nitrogens with zero attached hydrogens (tertiary/aromatic N) is 3. The summed E-state index contributed by atoms with van der Waals surface area (Å²) < 4.78 is 37.2. The fourth-order valence-electron chi connectivity index (χ4n) is 1.70. The second kappa shape index (κ2) is 7.11. The van der Waals surface area contributed by atoms with Gasteiger partial charge in [-0.3, -0.25) is 18.9 Å². The summed E-state index contributed by atoms with van der Waals surface area (Å²) in [7, 11) is -8.23. The molecule has 2 heterocycles. The predicted molar refractivity (Wildman–Crippen MR) is 81.1 cm³/mol. The van der Waals surface area contributed by atoms with Gasteiger partial charge in [0, 0.05) is 13.7 Å². The number of fused-ring (bicyclic) bond motifs is 1. The summed E-state index contributed by atoms with van der Waals surface area (Å²) in [4.78, 5) is 40.1. The van der Waals surface area contributed by atoms with E-state index in [1.165, 1.54) is 10.9 Å². The summed E-state index contributed by atoms with van der Waals surface area (Å²) in [5.41, 5.74) is 5.26. The van der Waals surface area contributed by atoms with Crippen molar-refractivity contribution < 1.29 is 32.5 Å². The number of nitrogen functional groups attached to an aromatic ring is 1. The van der Waals surface area contributed by atoms with E-state index in [1.54, 1.807) is 0 Å². The average molecular weight is 383 g/mol. The Labute approximate surface area is 134 Å². The topological polar surface area (TPSA) is 192 Å². The Morgan fingerprint density at radius 1 is 1.42 bits per heavy atom. The maximum Gasteiger partial charge on any atom is 0.479 e. The molecule has 0 radical (unpaired) electrons. The van der Waals surface area contributed by atoms with Gasteiger partial charge < -0.3 is 24.8 Å². The van der Waals surface area contributed by atoms with E-state index in [0.29, 0.717) is 0 Å². The highest BCUT2D eigenvalue weighted by atomic mass is 31.3. The molecule has 2 atom stereocenters. The highest BCUT2D eigenvalue weighted by molar-refractivity contribution is 7.63. The van der Waals surface area contributed by atoms with Gasteiger partial charge >= 0.3 is 15.4 Å². The predicted octanol–water partition coefficient (Wildman–Crippen LogP) is -0.375. The van der Waals surface area contributed by atoms with Gasteiger partial charge in [0.1, 0.15) is 6.35 Å². The summed E-state index contributed by atoms with van der Waals surface area (Å²) in [6.45, 7) is 0.0456. The lowest BCUT2D eigenvalue weighted by Crippen LogP contribution is -2.13. The van der Waals surface area contributed by atoms with E-state index < -0.39 is 27.3 Å². The van der Waals surface area contributed by atoms with E-state index in [1.807, 2.05) is 0 Å². The lowest BCUT2D eigenvalue weighted by Gasteiger charge is -2.14. The van der Waals surface area contributed by atoms with E-state index in [9.17, 15) is 18.8 Å². The second-order valence-corrected chi connectivity index (χ2v) is 7.96. The Bertz CT molecular complexity index is 878. The van der Waals surface area contributed by atoms with Crippen LogP contribution in [0.4, 0.5) is 5.95 Å². The van der Waals surface area contributed by atoms with E-state index in [0.717, 1.165) is 7.11 Å². The van der Waals surface area contributed by atoms with Crippen molar-refractivity contribution in [3.05, 3.63) is 16.7 Å². The van der Waals surface area contributed by atoms with Gasteiger partial charge in [-0.25, -0.2) is 13.9 Å². The molecule has 0 aliphatic rings. The molecular formula is C9H15N5O8P2. The fraction of sp³-hybridized carbons (Fsp3) is 0.444. The van der Waals surface area contributed by atoms with Gasteiger partial charge in [-0.15, -0.1) is 0 Å². The van der Waals surface area contributed by atoms with E-state index in [2.05, 4.69) is 23.8 Å². The number of nitrogens with two attached hydrogens (primary N) is 1. The van der Waals surface area contributed by atoms with Crippen molar-refractivity contribution in [2.75, 3.05) is 25.8 Å². The first-order chi connectivity index (χ1) is 11.1. The van der Waals surface area contributed by atoms with Crippen LogP contribution >= 0.6 is 15.4 Å². The van der Waals surface area contributed by atoms with Gasteiger partial charge in [0.2, 0.25) is 5.95 Å². The monoisotopic (exact) mass is 383 g/mol. The number of ether oxygens (including phenoxy) is 1. The largest absolute Gasteiger partial charge is 0.479 e. The molecule has 0 aromatic carbocycles. The van der Waals surface area contributed by atoms with Gasteiger partial charge in [0.05, 0.1) is 12.9 Å². The highest BCUT2D eigenvalue weighted by Gasteiger charge is 2.32. The fourth-order valence-corrected chi connectivity index (χ4v) is 3.80. The first-order valence-corrected chi connectivity index (χ1v) is 9.59. The molecular weight excluding hydrogens is 368 g/mol. The molecule has 2 rings (SSSR count). The van der Waals surface area contributed by atoms with E-state index in [-0.39, 0.29) is 30.3 Å². The SMILES string of the molecule is COP(=O)(O)OP(=O)(O)COCCn1cnc2c(=O)[nH]c(N)nc21. The van der Waals surface area contributed by atoms with E-state index >= 15 is 0 Å². The molecule has 0 saturated heterocycles. The average Bonchev–Trinajstić information content (AvgIpc) is 2.86. The molecule has 0 saturated carbocycles. The first-order valence-electron chi connectivity index (χ1n) is 6.33. The van der Waals surface area contributed by atoms with Crippen LogP contribution in [-0.2, 0) is 29.2 Å². The van der Waals surface area contributed by atoms with Crippen molar-refractivity contribution in [1.29, 1.82) is 0 Å². The van der Waals surface area contributed by atoms with Gasteiger partial charge in [-0.05, 0) is 0 Å². The molecule has 2 aromatic heterocycles. The van der Waals surface area contributed by atoms with Gasteiger partial charge in [0.25, 0.3) is 5.56 Å². The number of rotatable bonds is 8. The smallest absolute Gasteiger partial charge is 0.369 e. The maximum atomic E-state index is 11.6. The number of phosphoric ester groups is 1. The number of nitrogens with one attached hydrogen (secondary N) is 1. The lowest BCUT2D eigenvalue weighted by molar-refractivity contribution is 0.144. The summed E-state index contributed by atoms with van der Waals surface area (Å²) >= 11 is 0. The van der Waals surface area contributed by atoms with Crippen LogP contribution in [0, 0.1) is 0 Å². The van der Waals surface area contributed by atoms with Crippen molar-refractivity contribution in [2.45, 2.75) is 6.54 Å².